The Labute approximate surface area is 124 Å². The summed E-state index contributed by atoms with van der Waals surface area (Å²) < 4.78 is 10.8. The molecular weight excluding hydrogens is 298 g/mol. The second-order valence-corrected chi connectivity index (χ2v) is 5.60. The Morgan fingerprint density at radius 3 is 3.05 bits per heavy atom. The zero-order valence-corrected chi connectivity index (χ0v) is 12.4. The topological polar surface area (TPSA) is 65.0 Å². The Morgan fingerprint density at radius 2 is 2.20 bits per heavy atom. The molecule has 0 atom stereocenters. The summed E-state index contributed by atoms with van der Waals surface area (Å²) in [5, 5.41) is 5.11. The van der Waals surface area contributed by atoms with Gasteiger partial charge in [-0.15, -0.1) is 0 Å². The molecule has 0 radical (unpaired) electrons. The number of fused-ring (bicyclic) bond motifs is 1. The molecule has 0 aliphatic carbocycles. The van der Waals surface area contributed by atoms with Crippen LogP contribution in [0.3, 0.4) is 0 Å². The fourth-order valence-electron chi connectivity index (χ4n) is 1.74. The van der Waals surface area contributed by atoms with Gasteiger partial charge in [0.05, 0.1) is 5.75 Å². The Morgan fingerprint density at radius 1 is 1.30 bits per heavy atom. The van der Waals surface area contributed by atoms with E-state index in [9.17, 15) is 0 Å². The molecule has 0 amide bonds. The quantitative estimate of drug-likeness (QED) is 0.661. The predicted molar refractivity (Wildman–Crippen MR) is 76.9 cm³/mol. The van der Waals surface area contributed by atoms with Crippen molar-refractivity contribution in [3.63, 3.8) is 0 Å². The minimum atomic E-state index is 0.539. The van der Waals surface area contributed by atoms with Gasteiger partial charge in [0.1, 0.15) is 5.52 Å². The predicted octanol–water partition coefficient (Wildman–Crippen LogP) is 4.11. The standard InChI is InChI=1S/C13H12ClN3O2S/c1-2-3-11-16-12(19-17-11)7-20-13-15-9-6-8(14)4-5-10(9)18-13/h4-6H,2-3,7H2,1H3. The lowest BCUT2D eigenvalue weighted by atomic mass is 10.3. The molecule has 20 heavy (non-hydrogen) atoms. The largest absolute Gasteiger partial charge is 0.431 e. The van der Waals surface area contributed by atoms with E-state index in [2.05, 4.69) is 22.0 Å². The van der Waals surface area contributed by atoms with Gasteiger partial charge in [0, 0.05) is 11.4 Å². The molecule has 2 aromatic heterocycles. The van der Waals surface area contributed by atoms with Gasteiger partial charge in [0.2, 0.25) is 5.89 Å². The van der Waals surface area contributed by atoms with Gasteiger partial charge >= 0.3 is 0 Å². The minimum absolute atomic E-state index is 0.539. The number of thioether (sulfide) groups is 1. The molecule has 0 bridgehead atoms. The van der Waals surface area contributed by atoms with Crippen LogP contribution in [0.1, 0.15) is 25.1 Å². The van der Waals surface area contributed by atoms with Crippen LogP contribution >= 0.6 is 23.4 Å². The van der Waals surface area contributed by atoms with Crippen LogP contribution in [0.25, 0.3) is 11.1 Å². The van der Waals surface area contributed by atoms with Gasteiger partial charge in [0.15, 0.2) is 11.4 Å². The van der Waals surface area contributed by atoms with Crippen molar-refractivity contribution in [3.05, 3.63) is 34.9 Å². The molecule has 0 fully saturated rings. The summed E-state index contributed by atoms with van der Waals surface area (Å²) in [7, 11) is 0. The van der Waals surface area contributed by atoms with Crippen molar-refractivity contribution in [1.29, 1.82) is 0 Å². The minimum Gasteiger partial charge on any atom is -0.431 e. The average molecular weight is 310 g/mol. The van der Waals surface area contributed by atoms with Gasteiger partial charge in [-0.3, -0.25) is 0 Å². The number of aryl methyl sites for hydroxylation is 1. The lowest BCUT2D eigenvalue weighted by Crippen LogP contribution is -1.86. The number of hydrogen-bond acceptors (Lipinski definition) is 6. The summed E-state index contributed by atoms with van der Waals surface area (Å²) >= 11 is 7.33. The van der Waals surface area contributed by atoms with Crippen molar-refractivity contribution in [3.8, 4) is 0 Å². The molecule has 0 N–H and O–H groups in total. The summed E-state index contributed by atoms with van der Waals surface area (Å²) in [6.07, 6.45) is 1.83. The first-order valence-electron chi connectivity index (χ1n) is 6.25. The highest BCUT2D eigenvalue weighted by Crippen LogP contribution is 2.27. The fraction of sp³-hybridized carbons (Fsp3) is 0.308. The molecule has 3 aromatic rings. The van der Waals surface area contributed by atoms with Crippen molar-refractivity contribution in [2.45, 2.75) is 30.7 Å². The highest BCUT2D eigenvalue weighted by Gasteiger charge is 2.10. The molecule has 0 unspecified atom stereocenters. The maximum absolute atomic E-state index is 5.91. The van der Waals surface area contributed by atoms with Crippen molar-refractivity contribution in [1.82, 2.24) is 15.1 Å². The number of nitrogens with zero attached hydrogens (tertiary/aromatic N) is 3. The fourth-order valence-corrected chi connectivity index (χ4v) is 2.58. The van der Waals surface area contributed by atoms with Crippen LogP contribution in [0.15, 0.2) is 32.4 Å². The molecule has 0 saturated heterocycles. The smallest absolute Gasteiger partial charge is 0.257 e. The molecule has 5 nitrogen and oxygen atoms in total. The van der Waals surface area contributed by atoms with E-state index < -0.39 is 0 Å². The van der Waals surface area contributed by atoms with Crippen LogP contribution < -0.4 is 0 Å². The summed E-state index contributed by atoms with van der Waals surface area (Å²) in [6.45, 7) is 2.08. The molecule has 0 spiro atoms. The van der Waals surface area contributed by atoms with Gasteiger partial charge in [-0.1, -0.05) is 35.4 Å². The molecule has 2 heterocycles. The molecule has 3 rings (SSSR count). The first-order valence-corrected chi connectivity index (χ1v) is 7.61. The lowest BCUT2D eigenvalue weighted by molar-refractivity contribution is 0.384. The second-order valence-electron chi connectivity index (χ2n) is 4.23. The first kappa shape index (κ1) is 13.5. The number of halogens is 1. The number of aromatic nitrogens is 3. The molecule has 7 heteroatoms. The number of hydrogen-bond donors (Lipinski definition) is 0. The maximum Gasteiger partial charge on any atom is 0.257 e. The highest BCUT2D eigenvalue weighted by atomic mass is 35.5. The van der Waals surface area contributed by atoms with Crippen LogP contribution in [0.2, 0.25) is 5.02 Å². The molecule has 0 saturated carbocycles. The third-order valence-electron chi connectivity index (χ3n) is 2.63. The van der Waals surface area contributed by atoms with Crippen LogP contribution in [-0.2, 0) is 12.2 Å². The Kier molecular flexibility index (Phi) is 3.93. The molecule has 0 aliphatic rings. The van der Waals surface area contributed by atoms with Gasteiger partial charge in [-0.25, -0.2) is 4.98 Å². The average Bonchev–Trinajstić information content (AvgIpc) is 3.02. The number of rotatable bonds is 5. The van der Waals surface area contributed by atoms with Crippen LogP contribution in [0.4, 0.5) is 0 Å². The third kappa shape index (κ3) is 2.96. The third-order valence-corrected chi connectivity index (χ3v) is 3.68. The first-order chi connectivity index (χ1) is 9.74. The summed E-state index contributed by atoms with van der Waals surface area (Å²) in [5.41, 5.74) is 1.46. The lowest BCUT2D eigenvalue weighted by Gasteiger charge is -1.89. The monoisotopic (exact) mass is 309 g/mol. The highest BCUT2D eigenvalue weighted by molar-refractivity contribution is 7.98. The van der Waals surface area contributed by atoms with Gasteiger partial charge in [-0.2, -0.15) is 4.98 Å². The Balaban J connectivity index is 1.69. The van der Waals surface area contributed by atoms with Crippen LogP contribution in [0, 0.1) is 0 Å². The van der Waals surface area contributed by atoms with Crippen molar-refractivity contribution in [2.24, 2.45) is 0 Å². The van der Waals surface area contributed by atoms with Gasteiger partial charge in [0.25, 0.3) is 5.22 Å². The SMILES string of the molecule is CCCc1noc(CSc2nc3cc(Cl)ccc3o2)n1. The number of benzene rings is 1. The molecule has 104 valence electrons. The van der Waals surface area contributed by atoms with Crippen molar-refractivity contribution in [2.75, 3.05) is 0 Å². The van der Waals surface area contributed by atoms with Crippen LogP contribution in [0.5, 0.6) is 0 Å². The number of oxazole rings is 1. The van der Waals surface area contributed by atoms with Gasteiger partial charge < -0.3 is 8.94 Å². The normalized spacial score (nSPS) is 11.3. The summed E-state index contributed by atoms with van der Waals surface area (Å²) in [6, 6.07) is 5.36. The van der Waals surface area contributed by atoms with E-state index in [0.717, 1.165) is 24.2 Å². The molecular formula is C13H12ClN3O2S. The van der Waals surface area contributed by atoms with E-state index in [0.29, 0.717) is 27.5 Å². The van der Waals surface area contributed by atoms with E-state index in [-0.39, 0.29) is 0 Å². The van der Waals surface area contributed by atoms with E-state index >= 15 is 0 Å². The zero-order chi connectivity index (χ0) is 13.9. The van der Waals surface area contributed by atoms with E-state index in [4.69, 9.17) is 20.5 Å². The van der Waals surface area contributed by atoms with Crippen molar-refractivity contribution < 1.29 is 8.94 Å². The van der Waals surface area contributed by atoms with E-state index in [1.54, 1.807) is 18.2 Å². The van der Waals surface area contributed by atoms with E-state index in [1.807, 2.05) is 0 Å². The molecule has 1 aromatic carbocycles. The Bertz CT molecular complexity index is 725. The second kappa shape index (κ2) is 5.85. The van der Waals surface area contributed by atoms with Crippen LogP contribution in [-0.4, -0.2) is 15.1 Å². The zero-order valence-electron chi connectivity index (χ0n) is 10.8. The van der Waals surface area contributed by atoms with E-state index in [1.165, 1.54) is 11.8 Å². The maximum atomic E-state index is 5.91. The summed E-state index contributed by atoms with van der Waals surface area (Å²) in [5.74, 6) is 1.86. The van der Waals surface area contributed by atoms with Gasteiger partial charge in [-0.05, 0) is 24.6 Å². The summed E-state index contributed by atoms with van der Waals surface area (Å²) in [4.78, 5) is 8.65. The Hall–Kier alpha value is -1.53. The molecule has 0 aliphatic heterocycles. The van der Waals surface area contributed by atoms with Crippen molar-refractivity contribution >= 4 is 34.5 Å².